The molecule has 1 amide bonds. The van der Waals surface area contributed by atoms with Gasteiger partial charge in [-0.15, -0.1) is 0 Å². The van der Waals surface area contributed by atoms with Gasteiger partial charge in [-0.2, -0.15) is 31.4 Å². The first-order valence-electron chi connectivity index (χ1n) is 11.0. The first-order chi connectivity index (χ1) is 18.6. The Balaban J connectivity index is 1.87. The van der Waals surface area contributed by atoms with Crippen molar-refractivity contribution in [2.75, 3.05) is 11.9 Å². The van der Waals surface area contributed by atoms with Crippen LogP contribution >= 0.6 is 0 Å². The van der Waals surface area contributed by atoms with Crippen LogP contribution in [0.1, 0.15) is 16.7 Å². The van der Waals surface area contributed by atoms with E-state index < -0.39 is 52.5 Å². The zero-order chi connectivity index (χ0) is 29.4. The van der Waals surface area contributed by atoms with Crippen molar-refractivity contribution in [3.05, 3.63) is 94.2 Å². The molecule has 0 N–H and O–H groups in total. The minimum atomic E-state index is -5.44. The van der Waals surface area contributed by atoms with Gasteiger partial charge in [0.1, 0.15) is 11.4 Å². The van der Waals surface area contributed by atoms with E-state index in [1.54, 1.807) is 7.05 Å². The van der Waals surface area contributed by atoms with Gasteiger partial charge in [0, 0.05) is 44.4 Å². The highest BCUT2D eigenvalue weighted by Crippen LogP contribution is 2.44. The summed E-state index contributed by atoms with van der Waals surface area (Å²) in [6.07, 6.45) is -7.39. The number of amides is 1. The lowest BCUT2D eigenvalue weighted by Gasteiger charge is -2.22. The molecule has 0 spiro atoms. The van der Waals surface area contributed by atoms with Crippen molar-refractivity contribution in [1.82, 2.24) is 18.9 Å². The fourth-order valence-corrected chi connectivity index (χ4v) is 3.46. The molecule has 4 aromatic rings. The van der Waals surface area contributed by atoms with Crippen LogP contribution in [0.15, 0.2) is 66.0 Å². The Morgan fingerprint density at radius 1 is 1.02 bits per heavy atom. The first-order valence-corrected chi connectivity index (χ1v) is 11.0. The third-order valence-electron chi connectivity index (χ3n) is 5.44. The van der Waals surface area contributed by atoms with Gasteiger partial charge in [-0.25, -0.2) is 18.5 Å². The van der Waals surface area contributed by atoms with E-state index in [-0.39, 0.29) is 17.8 Å². The second-order valence-electron chi connectivity index (χ2n) is 8.23. The molecule has 4 rings (SSSR count). The number of ether oxygens (including phenoxy) is 1. The van der Waals surface area contributed by atoms with Crippen molar-refractivity contribution in [1.29, 1.82) is 0 Å². The van der Waals surface area contributed by atoms with Crippen molar-refractivity contribution in [3.8, 4) is 23.4 Å². The van der Waals surface area contributed by atoms with E-state index in [1.165, 1.54) is 17.1 Å². The Kier molecular flexibility index (Phi) is 7.20. The molecule has 0 unspecified atom stereocenters. The molecule has 8 nitrogen and oxygen atoms in total. The fourth-order valence-electron chi connectivity index (χ4n) is 3.46. The zero-order valence-corrected chi connectivity index (χ0v) is 20.4. The third-order valence-corrected chi connectivity index (χ3v) is 5.44. The molecule has 0 aliphatic rings. The summed E-state index contributed by atoms with van der Waals surface area (Å²) < 4.78 is 104. The number of anilines is 1. The second kappa shape index (κ2) is 10.3. The van der Waals surface area contributed by atoms with Crippen molar-refractivity contribution in [3.63, 3.8) is 0 Å². The topological polar surface area (TPSA) is 74.3 Å². The van der Waals surface area contributed by atoms with Crippen molar-refractivity contribution < 1.29 is 40.3 Å². The lowest BCUT2D eigenvalue weighted by molar-refractivity contribution is -0.143. The van der Waals surface area contributed by atoms with Gasteiger partial charge in [-0.05, 0) is 42.3 Å². The van der Waals surface area contributed by atoms with Gasteiger partial charge in [-0.3, -0.25) is 14.1 Å². The van der Waals surface area contributed by atoms with Gasteiger partial charge in [0.05, 0.1) is 23.0 Å². The van der Waals surface area contributed by atoms with E-state index >= 15 is 0 Å². The van der Waals surface area contributed by atoms with Crippen molar-refractivity contribution in [2.24, 2.45) is 7.05 Å². The highest BCUT2D eigenvalue weighted by atomic mass is 19.4. The normalized spacial score (nSPS) is 11.6. The highest BCUT2D eigenvalue weighted by molar-refractivity contribution is 5.89. The largest absolute Gasteiger partial charge is 0.420 e. The van der Waals surface area contributed by atoms with E-state index in [4.69, 9.17) is 4.74 Å². The molecule has 2 aromatic heterocycles. The van der Waals surface area contributed by atoms with E-state index in [9.17, 15) is 40.3 Å². The van der Waals surface area contributed by atoms with Crippen LogP contribution in [0.4, 0.5) is 41.2 Å². The van der Waals surface area contributed by atoms with Gasteiger partial charge in [-0.1, -0.05) is 0 Å². The van der Waals surface area contributed by atoms with E-state index in [1.807, 2.05) is 0 Å². The molecule has 0 saturated heterocycles. The van der Waals surface area contributed by atoms with Gasteiger partial charge < -0.3 is 4.74 Å². The number of rotatable bonds is 3. The minimum absolute atomic E-state index is 0.00224. The molecular formula is C25H16F7N5O3. The number of nitrogens with zero attached hydrogens (tertiary/aromatic N) is 5. The Hall–Kier alpha value is -5.00. The fraction of sp³-hybridized carbons (Fsp3) is 0.160. The van der Waals surface area contributed by atoms with Gasteiger partial charge in [0.25, 0.3) is 0 Å². The van der Waals surface area contributed by atoms with Crippen LogP contribution in [0.3, 0.4) is 0 Å². The first kappa shape index (κ1) is 28.0. The summed E-state index contributed by atoms with van der Waals surface area (Å²) in [5.41, 5.74) is -5.49. The molecule has 0 aliphatic heterocycles. The number of aryl methyl sites for hydroxylation is 1. The Morgan fingerprint density at radius 3 is 2.27 bits per heavy atom. The smallest absolute Gasteiger partial charge is 0.407 e. The average Bonchev–Trinajstić information content (AvgIpc) is 3.46. The summed E-state index contributed by atoms with van der Waals surface area (Å²) in [4.78, 5) is 26.5. The monoisotopic (exact) mass is 567 g/mol. The van der Waals surface area contributed by atoms with Crippen molar-refractivity contribution in [2.45, 2.75) is 12.4 Å². The number of aromatic nitrogens is 4. The molecule has 0 fully saturated rings. The van der Waals surface area contributed by atoms with Crippen LogP contribution in [0, 0.1) is 17.8 Å². The number of halogens is 7. The van der Waals surface area contributed by atoms with Gasteiger partial charge >= 0.3 is 24.1 Å². The summed E-state index contributed by atoms with van der Waals surface area (Å²) in [6.45, 7) is 0. The highest BCUT2D eigenvalue weighted by Gasteiger charge is 2.42. The molecule has 15 heteroatoms. The third kappa shape index (κ3) is 5.85. The van der Waals surface area contributed by atoms with Crippen molar-refractivity contribution >= 4 is 11.8 Å². The summed E-state index contributed by atoms with van der Waals surface area (Å²) >= 11 is 0. The predicted octanol–water partition coefficient (Wildman–Crippen LogP) is 5.04. The van der Waals surface area contributed by atoms with Gasteiger partial charge in [0.2, 0.25) is 0 Å². The van der Waals surface area contributed by atoms with Gasteiger partial charge in [0.15, 0.2) is 5.75 Å². The van der Waals surface area contributed by atoms with Crippen LogP contribution in [0.5, 0.6) is 5.75 Å². The molecule has 0 atom stereocenters. The van der Waals surface area contributed by atoms with E-state index in [0.717, 1.165) is 48.3 Å². The molecule has 0 bridgehead atoms. The molecule has 208 valence electrons. The van der Waals surface area contributed by atoms with E-state index in [0.29, 0.717) is 15.0 Å². The number of carbonyl (C=O) groups excluding carboxylic acids is 1. The summed E-state index contributed by atoms with van der Waals surface area (Å²) in [5, 5.41) is 3.89. The second-order valence-corrected chi connectivity index (χ2v) is 8.23. The molecule has 40 heavy (non-hydrogen) atoms. The summed E-state index contributed by atoms with van der Waals surface area (Å²) in [5.74, 6) is 0.557. The van der Waals surface area contributed by atoms with Crippen LogP contribution in [0.2, 0.25) is 0 Å². The van der Waals surface area contributed by atoms with Crippen LogP contribution < -0.4 is 15.3 Å². The molecule has 0 saturated carbocycles. The minimum Gasteiger partial charge on any atom is -0.407 e. The SMILES string of the molecule is CN(C(=O)Oc1c(-n2ccn(C#Cc3cnn(C)c3)c2=O)cc(C(F)(F)F)cc1C(F)(F)F)c1ccc(F)cc1. The summed E-state index contributed by atoms with van der Waals surface area (Å²) in [7, 11) is 2.69. The average molecular weight is 567 g/mol. The number of imidazole rings is 1. The Morgan fingerprint density at radius 2 is 1.70 bits per heavy atom. The maximum absolute atomic E-state index is 14.0. The van der Waals surface area contributed by atoms with Crippen LogP contribution in [-0.2, 0) is 19.4 Å². The molecule has 2 aromatic carbocycles. The van der Waals surface area contributed by atoms with E-state index in [2.05, 4.69) is 17.1 Å². The number of benzene rings is 2. The number of hydrogen-bond acceptors (Lipinski definition) is 4. The maximum atomic E-state index is 14.0. The Bertz CT molecular complexity index is 1690. The standard InChI is InChI=1S/C25H16F7N5O3/c1-34-14-15(13-33-34)7-8-36-9-10-37(22(36)38)20-12-16(24(27,28)29)11-19(25(30,31)32)21(20)40-23(39)35(2)18-5-3-17(26)4-6-18/h3-6,9-14H,1-2H3. The lowest BCUT2D eigenvalue weighted by atomic mass is 10.1. The Labute approximate surface area is 220 Å². The predicted molar refractivity (Wildman–Crippen MR) is 126 cm³/mol. The number of carbonyl (C=O) groups is 1. The van der Waals surface area contributed by atoms with Crippen LogP contribution in [0.25, 0.3) is 5.69 Å². The zero-order valence-electron chi connectivity index (χ0n) is 20.4. The molecule has 0 radical (unpaired) electrons. The quantitative estimate of drug-likeness (QED) is 0.257. The summed E-state index contributed by atoms with van der Waals surface area (Å²) in [6, 6.07) is 6.63. The number of alkyl halides is 6. The molecular weight excluding hydrogens is 551 g/mol. The lowest BCUT2D eigenvalue weighted by Crippen LogP contribution is -2.31. The maximum Gasteiger partial charge on any atom is 0.420 e. The molecule has 0 aliphatic carbocycles. The van der Waals surface area contributed by atoms with Crippen LogP contribution in [-0.4, -0.2) is 32.1 Å². The molecule has 2 heterocycles. The number of hydrogen-bond donors (Lipinski definition) is 0.